The summed E-state index contributed by atoms with van der Waals surface area (Å²) in [5.41, 5.74) is 4.96. The molecule has 0 aliphatic heterocycles. The van der Waals surface area contributed by atoms with Gasteiger partial charge < -0.3 is 0 Å². The van der Waals surface area contributed by atoms with Crippen molar-refractivity contribution in [2.75, 3.05) is 0 Å². The lowest BCUT2D eigenvalue weighted by atomic mass is 9.97. The number of pyridine rings is 1. The van der Waals surface area contributed by atoms with Crippen molar-refractivity contribution in [3.63, 3.8) is 0 Å². The quantitative estimate of drug-likeness (QED) is 0.493. The lowest BCUT2D eigenvalue weighted by Crippen LogP contribution is -1.94. The third-order valence-electron chi connectivity index (χ3n) is 4.39. The first-order valence-corrected chi connectivity index (χ1v) is 8.08. The highest BCUT2D eigenvalue weighted by atomic mass is 19.1. The number of fused-ring (bicyclic) bond motifs is 1. The van der Waals surface area contributed by atoms with Crippen LogP contribution >= 0.6 is 0 Å². The van der Waals surface area contributed by atoms with Crippen LogP contribution in [-0.4, -0.2) is 11.3 Å². The molecule has 0 radical (unpaired) electrons. The third-order valence-corrected chi connectivity index (χ3v) is 4.39. The second-order valence-corrected chi connectivity index (χ2v) is 6.11. The van der Waals surface area contributed by atoms with Crippen molar-refractivity contribution in [1.82, 2.24) is 4.98 Å². The molecule has 0 bridgehead atoms. The fourth-order valence-electron chi connectivity index (χ4n) is 3.07. The van der Waals surface area contributed by atoms with Crippen LogP contribution in [0.1, 0.15) is 30.0 Å². The van der Waals surface area contributed by atoms with E-state index in [-0.39, 0.29) is 5.82 Å². The second kappa shape index (κ2) is 6.00. The van der Waals surface area contributed by atoms with Crippen LogP contribution in [0.2, 0.25) is 0 Å². The minimum absolute atomic E-state index is 0.247. The smallest absolute Gasteiger partial charge is 0.142 e. The lowest BCUT2D eigenvalue weighted by Gasteiger charge is -2.11. The Morgan fingerprint density at radius 2 is 1.88 bits per heavy atom. The molecule has 1 aromatic heterocycles. The zero-order valence-electron chi connectivity index (χ0n) is 13.1. The molecule has 1 aliphatic rings. The Morgan fingerprint density at radius 1 is 1.08 bits per heavy atom. The SMILES string of the molecule is O=C/C=C/c1cc2c(-c3ccc(F)cc3)cccc2nc1C1CC1. The first-order chi connectivity index (χ1) is 11.8. The molecule has 3 heteroatoms. The van der Waals surface area contributed by atoms with Crippen LogP contribution in [0.25, 0.3) is 28.1 Å². The van der Waals surface area contributed by atoms with Gasteiger partial charge in [0.15, 0.2) is 0 Å². The summed E-state index contributed by atoms with van der Waals surface area (Å²) in [6.45, 7) is 0. The molecule has 1 heterocycles. The molecule has 0 unspecified atom stereocenters. The van der Waals surface area contributed by atoms with Gasteiger partial charge in [-0.3, -0.25) is 9.78 Å². The van der Waals surface area contributed by atoms with E-state index in [1.54, 1.807) is 12.1 Å². The van der Waals surface area contributed by atoms with E-state index >= 15 is 0 Å². The average Bonchev–Trinajstić information content (AvgIpc) is 3.44. The highest BCUT2D eigenvalue weighted by Gasteiger charge is 2.27. The van der Waals surface area contributed by atoms with E-state index in [1.807, 2.05) is 24.3 Å². The predicted octanol–water partition coefficient (Wildman–Crippen LogP) is 5.13. The van der Waals surface area contributed by atoms with E-state index in [0.29, 0.717) is 5.92 Å². The number of carbonyl (C=O) groups is 1. The first kappa shape index (κ1) is 14.8. The fourth-order valence-corrected chi connectivity index (χ4v) is 3.07. The molecule has 4 rings (SSSR count). The van der Waals surface area contributed by atoms with Gasteiger partial charge in [0.2, 0.25) is 0 Å². The molecule has 118 valence electrons. The number of carbonyl (C=O) groups excluding carboxylic acids is 1. The van der Waals surface area contributed by atoms with Gasteiger partial charge in [0.25, 0.3) is 0 Å². The van der Waals surface area contributed by atoms with Gasteiger partial charge in [-0.05, 0) is 65.9 Å². The highest BCUT2D eigenvalue weighted by molar-refractivity contribution is 5.96. The monoisotopic (exact) mass is 317 g/mol. The summed E-state index contributed by atoms with van der Waals surface area (Å²) < 4.78 is 13.2. The standard InChI is InChI=1S/C21H16FNO/c22-17-10-8-14(9-11-17)18-4-1-5-20-19(18)13-16(3-2-12-24)21(23-20)15-6-7-15/h1-5,8-13,15H,6-7H2/b3-2+. The molecule has 1 saturated carbocycles. The molecule has 1 aliphatic carbocycles. The predicted molar refractivity (Wildman–Crippen MR) is 94.2 cm³/mol. The van der Waals surface area contributed by atoms with Crippen LogP contribution in [-0.2, 0) is 4.79 Å². The molecule has 2 nitrogen and oxygen atoms in total. The minimum Gasteiger partial charge on any atom is -0.299 e. The number of hydrogen-bond acceptors (Lipinski definition) is 2. The normalized spacial score (nSPS) is 14.4. The van der Waals surface area contributed by atoms with E-state index in [4.69, 9.17) is 4.98 Å². The van der Waals surface area contributed by atoms with Crippen LogP contribution in [0, 0.1) is 5.82 Å². The average molecular weight is 317 g/mol. The number of rotatable bonds is 4. The second-order valence-electron chi connectivity index (χ2n) is 6.11. The van der Waals surface area contributed by atoms with E-state index < -0.39 is 0 Å². The van der Waals surface area contributed by atoms with Crippen molar-refractivity contribution in [1.29, 1.82) is 0 Å². The molecule has 1 fully saturated rings. The Labute approximate surface area is 139 Å². The Kier molecular flexibility index (Phi) is 3.69. The largest absolute Gasteiger partial charge is 0.299 e. The van der Waals surface area contributed by atoms with Gasteiger partial charge in [0.1, 0.15) is 12.1 Å². The van der Waals surface area contributed by atoms with Crippen LogP contribution < -0.4 is 0 Å². The summed E-state index contributed by atoms with van der Waals surface area (Å²) in [5.74, 6) is 0.248. The van der Waals surface area contributed by atoms with Crippen LogP contribution in [0.3, 0.4) is 0 Å². The molecule has 3 aromatic rings. The summed E-state index contributed by atoms with van der Waals surface area (Å²) in [6.07, 6.45) is 6.42. The summed E-state index contributed by atoms with van der Waals surface area (Å²) in [6, 6.07) is 14.6. The van der Waals surface area contributed by atoms with Gasteiger partial charge in [0, 0.05) is 11.3 Å². The van der Waals surface area contributed by atoms with Crippen molar-refractivity contribution in [3.8, 4) is 11.1 Å². The van der Waals surface area contributed by atoms with Crippen molar-refractivity contribution in [2.24, 2.45) is 0 Å². The number of nitrogens with zero attached hydrogens (tertiary/aromatic N) is 1. The maximum Gasteiger partial charge on any atom is 0.142 e. The maximum absolute atomic E-state index is 13.2. The number of aldehydes is 1. The van der Waals surface area contributed by atoms with E-state index in [0.717, 1.165) is 52.4 Å². The summed E-state index contributed by atoms with van der Waals surface area (Å²) >= 11 is 0. The number of halogens is 1. The summed E-state index contributed by atoms with van der Waals surface area (Å²) in [5, 5.41) is 1.01. The van der Waals surface area contributed by atoms with E-state index in [9.17, 15) is 9.18 Å². The lowest BCUT2D eigenvalue weighted by molar-refractivity contribution is -0.104. The van der Waals surface area contributed by atoms with Gasteiger partial charge in [-0.1, -0.05) is 24.3 Å². The molecule has 0 spiro atoms. The third kappa shape index (κ3) is 2.73. The number of allylic oxidation sites excluding steroid dienone is 1. The van der Waals surface area contributed by atoms with Crippen molar-refractivity contribution in [2.45, 2.75) is 18.8 Å². The number of aromatic nitrogens is 1. The highest BCUT2D eigenvalue weighted by Crippen LogP contribution is 2.42. The van der Waals surface area contributed by atoms with Crippen molar-refractivity contribution in [3.05, 3.63) is 71.7 Å². The molecular formula is C21H16FNO. The van der Waals surface area contributed by atoms with Gasteiger partial charge in [-0.15, -0.1) is 0 Å². The van der Waals surface area contributed by atoms with Crippen LogP contribution in [0.5, 0.6) is 0 Å². The zero-order valence-corrected chi connectivity index (χ0v) is 13.1. The molecule has 0 saturated heterocycles. The molecule has 0 N–H and O–H groups in total. The van der Waals surface area contributed by atoms with Gasteiger partial charge in [-0.2, -0.15) is 0 Å². The molecule has 24 heavy (non-hydrogen) atoms. The number of hydrogen-bond donors (Lipinski definition) is 0. The van der Waals surface area contributed by atoms with Crippen LogP contribution in [0.15, 0.2) is 54.6 Å². The zero-order chi connectivity index (χ0) is 16.5. The van der Waals surface area contributed by atoms with Gasteiger partial charge in [-0.25, -0.2) is 4.39 Å². The minimum atomic E-state index is -0.247. The Morgan fingerprint density at radius 3 is 2.58 bits per heavy atom. The molecule has 2 aromatic carbocycles. The molecule has 0 atom stereocenters. The first-order valence-electron chi connectivity index (χ1n) is 8.08. The maximum atomic E-state index is 13.2. The molecule has 0 amide bonds. The van der Waals surface area contributed by atoms with Gasteiger partial charge in [0.05, 0.1) is 11.2 Å². The number of benzene rings is 2. The Hall–Kier alpha value is -2.81. The van der Waals surface area contributed by atoms with Gasteiger partial charge >= 0.3 is 0 Å². The topological polar surface area (TPSA) is 30.0 Å². The Bertz CT molecular complexity index is 940. The van der Waals surface area contributed by atoms with Crippen molar-refractivity contribution < 1.29 is 9.18 Å². The van der Waals surface area contributed by atoms with E-state index in [1.165, 1.54) is 18.2 Å². The van der Waals surface area contributed by atoms with E-state index in [2.05, 4.69) is 6.07 Å². The van der Waals surface area contributed by atoms with Crippen LogP contribution in [0.4, 0.5) is 4.39 Å². The summed E-state index contributed by atoms with van der Waals surface area (Å²) in [7, 11) is 0. The molecular weight excluding hydrogens is 301 g/mol. The summed E-state index contributed by atoms with van der Waals surface area (Å²) in [4.78, 5) is 15.6. The van der Waals surface area contributed by atoms with Crippen molar-refractivity contribution >= 4 is 23.3 Å². The fraction of sp³-hybridized carbons (Fsp3) is 0.143. The Balaban J connectivity index is 1.93.